The van der Waals surface area contributed by atoms with Crippen LogP contribution in [-0.2, 0) is 12.6 Å². The molecule has 1 aromatic rings. The lowest BCUT2D eigenvalue weighted by Gasteiger charge is -2.10. The maximum absolute atomic E-state index is 13.2. The zero-order chi connectivity index (χ0) is 11.6. The molecule has 0 atom stereocenters. The van der Waals surface area contributed by atoms with Crippen LogP contribution >= 0.6 is 11.6 Å². The van der Waals surface area contributed by atoms with E-state index in [9.17, 15) is 17.6 Å². The molecule has 6 heteroatoms. The summed E-state index contributed by atoms with van der Waals surface area (Å²) in [7, 11) is 0. The molecule has 0 saturated heterocycles. The molecule has 0 unspecified atom stereocenters. The van der Waals surface area contributed by atoms with Gasteiger partial charge in [0.2, 0.25) is 0 Å². The zero-order valence-corrected chi connectivity index (χ0v) is 7.95. The Labute approximate surface area is 87.9 Å². The number of rotatable bonds is 1. The van der Waals surface area contributed by atoms with Crippen molar-refractivity contribution in [2.24, 2.45) is 0 Å². The van der Waals surface area contributed by atoms with Gasteiger partial charge in [-0.05, 0) is 6.07 Å². The molecular formula is C9H4ClF4N. The highest BCUT2D eigenvalue weighted by Crippen LogP contribution is 2.36. The van der Waals surface area contributed by atoms with Crippen LogP contribution in [0.5, 0.6) is 0 Å². The Morgan fingerprint density at radius 3 is 2.40 bits per heavy atom. The Hall–Kier alpha value is -1.28. The lowest BCUT2D eigenvalue weighted by molar-refractivity contribution is -0.137. The Morgan fingerprint density at radius 2 is 1.93 bits per heavy atom. The van der Waals surface area contributed by atoms with Crippen molar-refractivity contribution >= 4 is 11.6 Å². The Balaban J connectivity index is 3.29. The van der Waals surface area contributed by atoms with Gasteiger partial charge in [-0.1, -0.05) is 17.7 Å². The molecule has 0 aliphatic rings. The Bertz CT molecular complexity index is 419. The van der Waals surface area contributed by atoms with Crippen LogP contribution in [0.3, 0.4) is 0 Å². The second-order valence-electron chi connectivity index (χ2n) is 2.73. The molecule has 80 valence electrons. The molecule has 1 rings (SSSR count). The van der Waals surface area contributed by atoms with E-state index < -0.39 is 22.6 Å². The summed E-state index contributed by atoms with van der Waals surface area (Å²) in [6, 6.07) is 3.21. The van der Waals surface area contributed by atoms with Crippen molar-refractivity contribution in [1.82, 2.24) is 0 Å². The highest BCUT2D eigenvalue weighted by atomic mass is 35.5. The van der Waals surface area contributed by atoms with Gasteiger partial charge in [0.05, 0.1) is 23.1 Å². The quantitative estimate of drug-likeness (QED) is 0.685. The van der Waals surface area contributed by atoms with Crippen molar-refractivity contribution in [1.29, 1.82) is 5.26 Å². The fourth-order valence-corrected chi connectivity index (χ4v) is 1.32. The van der Waals surface area contributed by atoms with E-state index in [1.807, 2.05) is 0 Å². The number of nitriles is 1. The lowest BCUT2D eigenvalue weighted by Crippen LogP contribution is -2.08. The van der Waals surface area contributed by atoms with Crippen molar-refractivity contribution < 1.29 is 17.6 Å². The van der Waals surface area contributed by atoms with Gasteiger partial charge in [-0.25, -0.2) is 4.39 Å². The monoisotopic (exact) mass is 237 g/mol. The third kappa shape index (κ3) is 2.39. The molecule has 1 nitrogen and oxygen atoms in total. The maximum atomic E-state index is 13.2. The van der Waals surface area contributed by atoms with E-state index in [2.05, 4.69) is 0 Å². The first kappa shape index (κ1) is 11.8. The minimum Gasteiger partial charge on any atom is -0.205 e. The zero-order valence-electron chi connectivity index (χ0n) is 7.20. The normalized spacial score (nSPS) is 11.2. The molecule has 0 N–H and O–H groups in total. The largest absolute Gasteiger partial charge is 0.417 e. The fraction of sp³-hybridized carbons (Fsp3) is 0.222. The van der Waals surface area contributed by atoms with Crippen LogP contribution in [0, 0.1) is 17.1 Å². The van der Waals surface area contributed by atoms with E-state index in [0.717, 1.165) is 6.07 Å². The lowest BCUT2D eigenvalue weighted by atomic mass is 10.1. The maximum Gasteiger partial charge on any atom is 0.417 e. The van der Waals surface area contributed by atoms with Crippen LogP contribution in [-0.4, -0.2) is 0 Å². The third-order valence-corrected chi connectivity index (χ3v) is 2.11. The van der Waals surface area contributed by atoms with Crippen molar-refractivity contribution in [2.75, 3.05) is 0 Å². The van der Waals surface area contributed by atoms with Crippen LogP contribution in [0.4, 0.5) is 17.6 Å². The molecule has 0 amide bonds. The first-order valence-electron chi connectivity index (χ1n) is 3.79. The molecule has 0 aliphatic carbocycles. The molecule has 0 saturated carbocycles. The highest BCUT2D eigenvalue weighted by molar-refractivity contribution is 6.31. The smallest absolute Gasteiger partial charge is 0.205 e. The molecule has 0 radical (unpaired) electrons. The molecule has 0 aliphatic heterocycles. The van der Waals surface area contributed by atoms with Crippen LogP contribution in [0.25, 0.3) is 0 Å². The summed E-state index contributed by atoms with van der Waals surface area (Å²) in [6.45, 7) is 0. The molecule has 15 heavy (non-hydrogen) atoms. The molecule has 0 heterocycles. The summed E-state index contributed by atoms with van der Waals surface area (Å²) in [5.41, 5.74) is -1.38. The summed E-state index contributed by atoms with van der Waals surface area (Å²) < 4.78 is 49.9. The van der Waals surface area contributed by atoms with E-state index in [4.69, 9.17) is 16.9 Å². The molecular weight excluding hydrogens is 234 g/mol. The summed E-state index contributed by atoms with van der Waals surface area (Å²) >= 11 is 5.21. The SMILES string of the molecule is N#CCc1ccc(C(F)(F)F)c(Cl)c1F. The molecule has 0 aromatic heterocycles. The Morgan fingerprint density at radius 1 is 1.33 bits per heavy atom. The van der Waals surface area contributed by atoms with E-state index in [0.29, 0.717) is 6.07 Å². The van der Waals surface area contributed by atoms with Gasteiger partial charge in [-0.15, -0.1) is 0 Å². The molecule has 0 fully saturated rings. The van der Waals surface area contributed by atoms with Gasteiger partial charge in [0, 0.05) is 5.56 Å². The van der Waals surface area contributed by atoms with Crippen LogP contribution in [0.15, 0.2) is 12.1 Å². The second kappa shape index (κ2) is 4.07. The number of hydrogen-bond donors (Lipinski definition) is 0. The average molecular weight is 238 g/mol. The third-order valence-electron chi connectivity index (χ3n) is 1.74. The van der Waals surface area contributed by atoms with Gasteiger partial charge in [0.25, 0.3) is 0 Å². The minimum absolute atomic E-state index is 0.143. The van der Waals surface area contributed by atoms with Gasteiger partial charge >= 0.3 is 6.18 Å². The standard InChI is InChI=1S/C9H4ClF4N/c10-7-6(9(12,13)14)2-1-5(3-4-15)8(7)11/h1-2H,3H2. The second-order valence-corrected chi connectivity index (χ2v) is 3.11. The van der Waals surface area contributed by atoms with Crippen LogP contribution in [0.1, 0.15) is 11.1 Å². The molecule has 0 bridgehead atoms. The van der Waals surface area contributed by atoms with Crippen LogP contribution in [0.2, 0.25) is 5.02 Å². The number of hydrogen-bond acceptors (Lipinski definition) is 1. The summed E-state index contributed by atoms with van der Waals surface area (Å²) in [4.78, 5) is 0. The van der Waals surface area contributed by atoms with Gasteiger partial charge in [-0.3, -0.25) is 0 Å². The number of alkyl halides is 3. The summed E-state index contributed by atoms with van der Waals surface area (Å²) in [5.74, 6) is -1.19. The first-order chi connectivity index (χ1) is 6.88. The van der Waals surface area contributed by atoms with Crippen molar-refractivity contribution in [3.63, 3.8) is 0 Å². The topological polar surface area (TPSA) is 23.8 Å². The Kier molecular flexibility index (Phi) is 3.20. The first-order valence-corrected chi connectivity index (χ1v) is 4.16. The van der Waals surface area contributed by atoms with Crippen LogP contribution < -0.4 is 0 Å². The van der Waals surface area contributed by atoms with E-state index >= 15 is 0 Å². The van der Waals surface area contributed by atoms with Crippen molar-refractivity contribution in [3.05, 3.63) is 34.1 Å². The predicted molar refractivity (Wildman–Crippen MR) is 45.7 cm³/mol. The number of benzene rings is 1. The summed E-state index contributed by atoms with van der Waals surface area (Å²) in [6.07, 6.45) is -5.01. The highest BCUT2D eigenvalue weighted by Gasteiger charge is 2.34. The van der Waals surface area contributed by atoms with E-state index in [-0.39, 0.29) is 12.0 Å². The van der Waals surface area contributed by atoms with Gasteiger partial charge in [0.15, 0.2) is 0 Å². The minimum atomic E-state index is -4.69. The number of nitrogens with zero attached hydrogens (tertiary/aromatic N) is 1. The predicted octanol–water partition coefficient (Wildman–Crippen LogP) is 3.56. The van der Waals surface area contributed by atoms with Gasteiger partial charge < -0.3 is 0 Å². The molecule has 0 spiro atoms. The van der Waals surface area contributed by atoms with Gasteiger partial charge in [-0.2, -0.15) is 18.4 Å². The average Bonchev–Trinajstić information content (AvgIpc) is 2.11. The van der Waals surface area contributed by atoms with E-state index in [1.165, 1.54) is 0 Å². The fourth-order valence-electron chi connectivity index (χ4n) is 1.03. The molecule has 1 aromatic carbocycles. The number of halogens is 5. The van der Waals surface area contributed by atoms with Gasteiger partial charge in [0.1, 0.15) is 5.82 Å². The van der Waals surface area contributed by atoms with Crippen molar-refractivity contribution in [2.45, 2.75) is 12.6 Å². The van der Waals surface area contributed by atoms with Crippen molar-refractivity contribution in [3.8, 4) is 6.07 Å². The summed E-state index contributed by atoms with van der Waals surface area (Å²) in [5, 5.41) is 7.29. The van der Waals surface area contributed by atoms with E-state index in [1.54, 1.807) is 6.07 Å².